The molecule has 0 amide bonds. The van der Waals surface area contributed by atoms with Gasteiger partial charge in [0.25, 0.3) is 0 Å². The molecule has 4 aromatic rings. The summed E-state index contributed by atoms with van der Waals surface area (Å²) in [5, 5.41) is 24.1. The minimum Gasteiger partial charge on any atom is -0.389 e. The second-order valence-corrected chi connectivity index (χ2v) is 7.13. The molecule has 8 heteroatoms. The molecule has 0 spiro atoms. The molecule has 0 unspecified atom stereocenters. The van der Waals surface area contributed by atoms with Crippen molar-refractivity contribution in [1.82, 2.24) is 24.1 Å². The summed E-state index contributed by atoms with van der Waals surface area (Å²) in [6, 6.07) is 11.6. The van der Waals surface area contributed by atoms with Gasteiger partial charge >= 0.3 is 0 Å². The van der Waals surface area contributed by atoms with Crippen molar-refractivity contribution in [2.24, 2.45) is 0 Å². The third-order valence-corrected chi connectivity index (χ3v) is 4.23. The van der Waals surface area contributed by atoms with Gasteiger partial charge in [-0.1, -0.05) is 0 Å². The molecule has 4 rings (SSSR count). The Morgan fingerprint density at radius 2 is 1.89 bits per heavy atom. The largest absolute Gasteiger partial charge is 0.389 e. The summed E-state index contributed by atoms with van der Waals surface area (Å²) in [5.41, 5.74) is 2.43. The number of hydrogen-bond acceptors (Lipinski definition) is 5. The summed E-state index contributed by atoms with van der Waals surface area (Å²) >= 11 is 0. The number of rotatable bonds is 4. The third kappa shape index (κ3) is 3.23. The smallest absolute Gasteiger partial charge is 0.162 e. The lowest BCUT2D eigenvalue weighted by molar-refractivity contribution is 0.0619. The number of hydrogen-bond donors (Lipinski definition) is 1. The lowest BCUT2D eigenvalue weighted by Crippen LogP contribution is -2.26. The zero-order valence-electron chi connectivity index (χ0n) is 15.3. The fourth-order valence-electron chi connectivity index (χ4n) is 3.08. The number of aliphatic hydroxyl groups is 1. The second kappa shape index (κ2) is 6.55. The Hall–Kier alpha value is -3.57. The van der Waals surface area contributed by atoms with E-state index in [2.05, 4.69) is 21.1 Å². The highest BCUT2D eigenvalue weighted by Gasteiger charge is 2.22. The lowest BCUT2D eigenvalue weighted by atomic mass is 10.1. The summed E-state index contributed by atoms with van der Waals surface area (Å²) in [6.45, 7) is 3.69. The first-order valence-corrected chi connectivity index (χ1v) is 8.64. The van der Waals surface area contributed by atoms with Gasteiger partial charge in [0.05, 0.1) is 36.1 Å². The normalized spacial score (nSPS) is 11.7. The van der Waals surface area contributed by atoms with Crippen LogP contribution in [0.1, 0.15) is 19.5 Å². The Morgan fingerprint density at radius 3 is 2.57 bits per heavy atom. The van der Waals surface area contributed by atoms with Gasteiger partial charge in [-0.2, -0.15) is 10.4 Å². The Morgan fingerprint density at radius 1 is 1.14 bits per heavy atom. The number of nitrogens with zero attached hydrogens (tertiary/aromatic N) is 6. The number of benzene rings is 1. The molecule has 0 bridgehead atoms. The van der Waals surface area contributed by atoms with Crippen LogP contribution in [0.15, 0.2) is 48.9 Å². The zero-order chi connectivity index (χ0) is 19.9. The molecule has 140 valence electrons. The Labute approximate surface area is 160 Å². The highest BCUT2D eigenvalue weighted by Crippen LogP contribution is 2.31. The average molecular weight is 376 g/mol. The van der Waals surface area contributed by atoms with Gasteiger partial charge in [-0.25, -0.2) is 18.9 Å². The van der Waals surface area contributed by atoms with Crippen LogP contribution < -0.4 is 0 Å². The molecule has 0 aliphatic rings. The van der Waals surface area contributed by atoms with E-state index in [1.807, 2.05) is 0 Å². The minimum absolute atomic E-state index is 0.283. The molecule has 1 N–H and O–H groups in total. The van der Waals surface area contributed by atoms with Gasteiger partial charge in [0.2, 0.25) is 0 Å². The van der Waals surface area contributed by atoms with Gasteiger partial charge in [-0.05, 0) is 50.2 Å². The van der Waals surface area contributed by atoms with Gasteiger partial charge < -0.3 is 9.67 Å². The highest BCUT2D eigenvalue weighted by atomic mass is 19.1. The molecular weight excluding hydrogens is 359 g/mol. The Bertz CT molecular complexity index is 1190. The van der Waals surface area contributed by atoms with Crippen LogP contribution in [0.3, 0.4) is 0 Å². The predicted molar refractivity (Wildman–Crippen MR) is 101 cm³/mol. The first-order valence-electron chi connectivity index (χ1n) is 8.64. The average Bonchev–Trinajstić information content (AvgIpc) is 3.24. The van der Waals surface area contributed by atoms with E-state index in [0.717, 1.165) is 5.56 Å². The summed E-state index contributed by atoms with van der Waals surface area (Å²) < 4.78 is 16.6. The van der Waals surface area contributed by atoms with Crippen molar-refractivity contribution in [2.45, 2.75) is 26.0 Å². The molecule has 0 saturated carbocycles. The van der Waals surface area contributed by atoms with Crippen molar-refractivity contribution in [3.63, 3.8) is 0 Å². The fraction of sp³-hybridized carbons (Fsp3) is 0.200. The minimum atomic E-state index is -0.980. The number of imidazole rings is 2. The van der Waals surface area contributed by atoms with Crippen LogP contribution in [-0.2, 0) is 6.54 Å². The number of fused-ring (bicyclic) bond motifs is 1. The van der Waals surface area contributed by atoms with Crippen LogP contribution in [-0.4, -0.2) is 34.9 Å². The van der Waals surface area contributed by atoms with Crippen LogP contribution in [0.4, 0.5) is 4.39 Å². The van der Waals surface area contributed by atoms with Crippen molar-refractivity contribution in [2.75, 3.05) is 0 Å². The molecule has 7 nitrogen and oxygen atoms in total. The van der Waals surface area contributed by atoms with E-state index in [1.54, 1.807) is 49.0 Å². The van der Waals surface area contributed by atoms with E-state index in [4.69, 9.17) is 0 Å². The van der Waals surface area contributed by atoms with E-state index >= 15 is 0 Å². The van der Waals surface area contributed by atoms with E-state index in [9.17, 15) is 14.8 Å². The molecular formula is C20H17FN6O. The lowest BCUT2D eigenvalue weighted by Gasteiger charge is -2.19. The molecule has 0 saturated heterocycles. The molecule has 0 fully saturated rings. The summed E-state index contributed by atoms with van der Waals surface area (Å²) in [6.07, 6.45) is 3.08. The molecule has 0 atom stereocenters. The summed E-state index contributed by atoms with van der Waals surface area (Å²) in [5.74, 6) is -0.335. The van der Waals surface area contributed by atoms with E-state index in [-0.39, 0.29) is 12.4 Å². The predicted octanol–water partition coefficient (Wildman–Crippen LogP) is 3.04. The van der Waals surface area contributed by atoms with Gasteiger partial charge in [0, 0.05) is 5.56 Å². The molecule has 0 aliphatic heterocycles. The maximum atomic E-state index is 13.4. The first-order chi connectivity index (χ1) is 13.4. The third-order valence-electron chi connectivity index (χ3n) is 4.23. The van der Waals surface area contributed by atoms with Crippen LogP contribution in [0.5, 0.6) is 0 Å². The van der Waals surface area contributed by atoms with Crippen molar-refractivity contribution in [3.05, 3.63) is 60.4 Å². The van der Waals surface area contributed by atoms with E-state index in [1.165, 1.54) is 22.8 Å². The molecule has 1 aromatic carbocycles. The maximum Gasteiger partial charge on any atom is 0.162 e. The number of nitriles is 1. The Balaban J connectivity index is 1.94. The van der Waals surface area contributed by atoms with Crippen molar-refractivity contribution in [1.29, 1.82) is 5.26 Å². The number of aromatic nitrogens is 5. The van der Waals surface area contributed by atoms with Gasteiger partial charge in [-0.15, -0.1) is 0 Å². The first kappa shape index (κ1) is 17.8. The molecule has 0 aliphatic carbocycles. The quantitative estimate of drug-likeness (QED) is 0.591. The van der Waals surface area contributed by atoms with Gasteiger partial charge in [0.1, 0.15) is 17.6 Å². The van der Waals surface area contributed by atoms with Crippen molar-refractivity contribution in [3.8, 4) is 28.7 Å². The summed E-state index contributed by atoms with van der Waals surface area (Å²) in [7, 11) is 0. The molecule has 3 heterocycles. The highest BCUT2D eigenvalue weighted by molar-refractivity contribution is 5.77. The van der Waals surface area contributed by atoms with Gasteiger partial charge in [0.15, 0.2) is 11.3 Å². The van der Waals surface area contributed by atoms with E-state index < -0.39 is 5.60 Å². The van der Waals surface area contributed by atoms with Gasteiger partial charge in [-0.3, -0.25) is 0 Å². The standard InChI is InChI=1S/C20H17FN6O/c1-20(2,28)11-26-12-24-18(13-3-5-14(21)6-4-13)19(26)16-7-8-17-23-10-15(9-22)27(17)25-16/h3-8,10,12,28H,11H2,1-2H3. The van der Waals surface area contributed by atoms with E-state index in [0.29, 0.717) is 28.4 Å². The van der Waals surface area contributed by atoms with Crippen LogP contribution in [0.2, 0.25) is 0 Å². The topological polar surface area (TPSA) is 92.0 Å². The Kier molecular flexibility index (Phi) is 4.17. The van der Waals surface area contributed by atoms with Crippen LogP contribution in [0, 0.1) is 17.1 Å². The van der Waals surface area contributed by atoms with Crippen molar-refractivity contribution < 1.29 is 9.50 Å². The monoisotopic (exact) mass is 376 g/mol. The zero-order valence-corrected chi connectivity index (χ0v) is 15.3. The van der Waals surface area contributed by atoms with Crippen LogP contribution >= 0.6 is 0 Å². The molecule has 28 heavy (non-hydrogen) atoms. The molecule has 3 aromatic heterocycles. The SMILES string of the molecule is CC(C)(O)Cn1cnc(-c2ccc(F)cc2)c1-c1ccc2ncc(C#N)n2n1. The maximum absolute atomic E-state index is 13.4. The summed E-state index contributed by atoms with van der Waals surface area (Å²) in [4.78, 5) is 8.64. The van der Waals surface area contributed by atoms with Crippen molar-refractivity contribution >= 4 is 5.65 Å². The molecule has 0 radical (unpaired) electrons. The second-order valence-electron chi connectivity index (χ2n) is 7.13. The van der Waals surface area contributed by atoms with Crippen LogP contribution in [0.25, 0.3) is 28.3 Å². The number of halogens is 1. The fourth-order valence-corrected chi connectivity index (χ4v) is 3.08.